The number of aliphatic hydroxyl groups excluding tert-OH is 1. The first kappa shape index (κ1) is 51.1. The summed E-state index contributed by atoms with van der Waals surface area (Å²) in [7, 11) is -7.56. The van der Waals surface area contributed by atoms with E-state index in [4.69, 9.17) is 65.9 Å². The number of nitro groups is 1. The molecule has 10 atom stereocenters. The van der Waals surface area contributed by atoms with E-state index in [1.807, 2.05) is 0 Å². The molecule has 1 N–H and O–H groups in total. The zero-order valence-electron chi connectivity index (χ0n) is 33.8. The molecule has 6 saturated heterocycles. The van der Waals surface area contributed by atoms with Crippen LogP contribution in [-0.4, -0.2) is 143 Å². The fourth-order valence-corrected chi connectivity index (χ4v) is 7.72. The molecule has 26 heteroatoms. The van der Waals surface area contributed by atoms with Crippen molar-refractivity contribution < 1.29 is 126 Å². The van der Waals surface area contributed by atoms with Crippen LogP contribution in [-0.2, 0) is 76.5 Å². The van der Waals surface area contributed by atoms with Crippen LogP contribution in [0.4, 0.5) is 5.69 Å². The largest absolute Gasteiger partial charge is 1.00 e. The molecule has 1 aromatic rings. The zero-order chi connectivity index (χ0) is 42.9. The molecule has 1 aromatic carbocycles. The minimum atomic E-state index is -4.82. The van der Waals surface area contributed by atoms with Gasteiger partial charge >= 0.3 is 40.0 Å². The van der Waals surface area contributed by atoms with Gasteiger partial charge in [-0.15, -0.1) is 0 Å². The van der Waals surface area contributed by atoms with Crippen molar-refractivity contribution in [3.8, 4) is 5.75 Å². The molecular formula is C32H49NNaO22S2-. The van der Waals surface area contributed by atoms with Gasteiger partial charge in [-0.3, -0.25) is 14.3 Å². The molecule has 23 nitrogen and oxygen atoms in total. The van der Waals surface area contributed by atoms with Crippen LogP contribution in [0.1, 0.15) is 55.4 Å². The van der Waals surface area contributed by atoms with E-state index in [1.54, 1.807) is 55.4 Å². The zero-order valence-corrected chi connectivity index (χ0v) is 37.4. The Kier molecular flexibility index (Phi) is 17.1. The second kappa shape index (κ2) is 19.4. The fourth-order valence-electron chi connectivity index (χ4n) is 6.72. The van der Waals surface area contributed by atoms with Crippen LogP contribution < -0.4 is 38.8 Å². The normalized spacial score (nSPS) is 34.4. The van der Waals surface area contributed by atoms with Crippen LogP contribution in [0.3, 0.4) is 0 Å². The number of ether oxygens (including phenoxy) is 10. The first-order valence-corrected chi connectivity index (χ1v) is 20.0. The van der Waals surface area contributed by atoms with Gasteiger partial charge in [0.2, 0.25) is 10.4 Å². The number of hydrogen-bond acceptors (Lipinski definition) is 22. The molecule has 0 amide bonds. The first-order valence-electron chi connectivity index (χ1n) is 17.3. The summed E-state index contributed by atoms with van der Waals surface area (Å²) in [5, 5.41) is 25.9. The van der Waals surface area contributed by atoms with E-state index in [1.165, 1.54) is 0 Å². The van der Waals surface area contributed by atoms with Crippen molar-refractivity contribution in [2.75, 3.05) is 27.4 Å². The molecule has 0 aromatic heterocycles. The number of rotatable bonds is 9. The van der Waals surface area contributed by atoms with Crippen LogP contribution >= 0.6 is 0 Å². The third-order valence-electron chi connectivity index (χ3n) is 8.50. The molecule has 0 saturated carbocycles. The Labute approximate surface area is 358 Å². The number of aliphatic hydroxyl groups is 1. The number of fused-ring (bicyclic) bond motifs is 6. The molecule has 0 spiro atoms. The Balaban J connectivity index is 0.000000294. The van der Waals surface area contributed by atoms with Gasteiger partial charge in [-0.25, -0.2) is 12.6 Å². The van der Waals surface area contributed by atoms with Gasteiger partial charge in [-0.1, -0.05) is 0 Å². The fraction of sp³-hybridized carbons (Fsp3) is 0.812. The van der Waals surface area contributed by atoms with E-state index >= 15 is 0 Å². The van der Waals surface area contributed by atoms with E-state index < -0.39 is 123 Å². The minimum Gasteiger partial charge on any atom is -0.857 e. The molecule has 6 aliphatic rings. The first-order chi connectivity index (χ1) is 26.3. The van der Waals surface area contributed by atoms with Crippen molar-refractivity contribution in [3.05, 3.63) is 34.4 Å². The Morgan fingerprint density at radius 1 is 0.621 bits per heavy atom. The minimum absolute atomic E-state index is 0. The third kappa shape index (κ3) is 13.1. The molecule has 328 valence electrons. The summed E-state index contributed by atoms with van der Waals surface area (Å²) in [6.07, 6.45) is -6.64. The quantitative estimate of drug-likeness (QED) is 0.0854. The Morgan fingerprint density at radius 2 is 0.966 bits per heavy atom. The van der Waals surface area contributed by atoms with Crippen molar-refractivity contribution in [2.45, 2.75) is 140 Å². The smallest absolute Gasteiger partial charge is 0.857 e. The van der Waals surface area contributed by atoms with E-state index in [0.29, 0.717) is 0 Å². The molecular weight excluding hydrogens is 837 g/mol. The molecule has 7 rings (SSSR count). The maximum Gasteiger partial charge on any atom is 1.00 e. The molecule has 4 unspecified atom stereocenters. The molecule has 0 radical (unpaired) electrons. The van der Waals surface area contributed by atoms with Crippen molar-refractivity contribution in [1.29, 1.82) is 0 Å². The number of benzene rings is 1. The van der Waals surface area contributed by atoms with Crippen LogP contribution in [0.25, 0.3) is 0 Å². The van der Waals surface area contributed by atoms with E-state index in [9.17, 15) is 31.5 Å². The van der Waals surface area contributed by atoms with Crippen molar-refractivity contribution in [2.24, 2.45) is 0 Å². The van der Waals surface area contributed by atoms with Crippen molar-refractivity contribution in [3.63, 3.8) is 0 Å². The van der Waals surface area contributed by atoms with Gasteiger partial charge in [0.1, 0.15) is 54.6 Å². The van der Waals surface area contributed by atoms with E-state index in [0.717, 1.165) is 38.5 Å². The third-order valence-corrected chi connectivity index (χ3v) is 9.75. The summed E-state index contributed by atoms with van der Waals surface area (Å²) in [5.74, 6) is -3.73. The summed E-state index contributed by atoms with van der Waals surface area (Å²) in [6, 6.07) is 4.54. The van der Waals surface area contributed by atoms with Gasteiger partial charge in [0.15, 0.2) is 35.7 Å². The van der Waals surface area contributed by atoms with E-state index in [-0.39, 0.29) is 41.0 Å². The molecule has 0 bridgehead atoms. The standard InChI is InChI=1S/C18H23NO11S.C12H20O9S.CH4O.CH3O.Na/c1-17(2)26-13-12(25-16-15(14(13)27-17)28-18(3,4)29-16)9-24-31(22,23)30-11-7-5-10(6-8-11)19(20)21;1-11(2)18-7-6(5-16-22(13,14)15)17-10-9(8(7)19-11)20-12(3,4)21-10;2*1-2;/h5-8,12-16H,9H2,1-4H3;6-10H,5H2,1-4H3,(H,13,14,15);2H,1H3;1H3;/q;;;-1;+1/p-1/t12?,13-,14-,15?,16+;6?,7-,8-,9?,10+;;;/m00.../s1. The Bertz CT molecular complexity index is 1750. The Hall–Kier alpha value is -1.28. The summed E-state index contributed by atoms with van der Waals surface area (Å²) in [4.78, 5) is 10.1. The van der Waals surface area contributed by atoms with Gasteiger partial charge in [-0.05, 0) is 67.5 Å². The summed E-state index contributed by atoms with van der Waals surface area (Å²) in [6.45, 7) is 12.9. The summed E-state index contributed by atoms with van der Waals surface area (Å²) >= 11 is 0. The molecule has 6 fully saturated rings. The number of nitrogens with zero attached hydrogens (tertiary/aromatic N) is 1. The van der Waals surface area contributed by atoms with Crippen LogP contribution in [0.15, 0.2) is 24.3 Å². The number of hydrogen-bond donors (Lipinski definition) is 1. The van der Waals surface area contributed by atoms with Gasteiger partial charge in [-0.2, -0.15) is 15.5 Å². The average molecular weight is 887 g/mol. The van der Waals surface area contributed by atoms with Crippen molar-refractivity contribution in [1.82, 2.24) is 0 Å². The second-order valence-corrected chi connectivity index (χ2v) is 16.9. The molecule has 58 heavy (non-hydrogen) atoms. The molecule has 0 aliphatic carbocycles. The molecule has 6 aliphatic heterocycles. The summed E-state index contributed by atoms with van der Waals surface area (Å²) in [5.41, 5.74) is -0.204. The SMILES string of the molecule is CC1(C)OC2[C@H](OC(COS(=O)(=O)Oc3ccc([N+](=O)[O-])cc3)[C@@H]3OC(C)(C)O[C@H]23)O1.CC1(C)OC2[C@H](OC(COS(=O)(=O)[O-])[C@@H]3OC(C)(C)O[C@H]23)O1.CO.C[O-].[Na+]. The average Bonchev–Trinajstić information content (AvgIpc) is 3.81. The van der Waals surface area contributed by atoms with E-state index in [2.05, 4.69) is 4.18 Å². The van der Waals surface area contributed by atoms with Gasteiger partial charge in [0.05, 0.1) is 18.1 Å². The predicted molar refractivity (Wildman–Crippen MR) is 183 cm³/mol. The van der Waals surface area contributed by atoms with Crippen molar-refractivity contribution >= 4 is 26.5 Å². The van der Waals surface area contributed by atoms with Crippen LogP contribution in [0, 0.1) is 10.1 Å². The maximum atomic E-state index is 12.2. The predicted octanol–water partition coefficient (Wildman–Crippen LogP) is -2.92. The molecule has 6 heterocycles. The second-order valence-electron chi connectivity index (χ2n) is 14.6. The monoisotopic (exact) mass is 886 g/mol. The number of non-ortho nitro benzene ring substituents is 1. The Morgan fingerprint density at radius 3 is 1.34 bits per heavy atom. The van der Waals surface area contributed by atoms with Gasteiger partial charge in [0, 0.05) is 19.2 Å². The maximum absolute atomic E-state index is 12.2. The van der Waals surface area contributed by atoms with Crippen LogP contribution in [0.5, 0.6) is 5.75 Å². The topological polar surface area (TPSA) is 298 Å². The van der Waals surface area contributed by atoms with Gasteiger partial charge < -0.3 is 66.3 Å². The van der Waals surface area contributed by atoms with Gasteiger partial charge in [0.25, 0.3) is 5.69 Å². The summed E-state index contributed by atoms with van der Waals surface area (Å²) < 4.78 is 129. The number of nitro benzene ring substituents is 1. The van der Waals surface area contributed by atoms with Crippen LogP contribution in [0.2, 0.25) is 0 Å².